The molecule has 2 rings (SSSR count). The first kappa shape index (κ1) is 14.3. The first-order valence-corrected chi connectivity index (χ1v) is 6.10. The van der Waals surface area contributed by atoms with Gasteiger partial charge in [-0.15, -0.1) is 0 Å². The standard InChI is InChI=1S/C15H12N2O4/c1-20-12-3-5-13(6-4-12)21-15-7-2-11(8-9-16)10-14(15)17(18)19/h2-7,10H,8H2,1H3. The summed E-state index contributed by atoms with van der Waals surface area (Å²) in [4.78, 5) is 10.6. The Hall–Kier alpha value is -3.07. The van der Waals surface area contributed by atoms with E-state index in [1.165, 1.54) is 12.1 Å². The van der Waals surface area contributed by atoms with E-state index in [2.05, 4.69) is 0 Å². The Kier molecular flexibility index (Phi) is 4.36. The van der Waals surface area contributed by atoms with Gasteiger partial charge in [0.2, 0.25) is 5.75 Å². The average molecular weight is 284 g/mol. The van der Waals surface area contributed by atoms with Crippen LogP contribution in [0.2, 0.25) is 0 Å². The summed E-state index contributed by atoms with van der Waals surface area (Å²) in [5.74, 6) is 1.26. The topological polar surface area (TPSA) is 85.4 Å². The van der Waals surface area contributed by atoms with Gasteiger partial charge in [0.25, 0.3) is 0 Å². The summed E-state index contributed by atoms with van der Waals surface area (Å²) in [6.45, 7) is 0. The van der Waals surface area contributed by atoms with Crippen LogP contribution in [-0.4, -0.2) is 12.0 Å². The predicted molar refractivity (Wildman–Crippen MR) is 75.5 cm³/mol. The lowest BCUT2D eigenvalue weighted by molar-refractivity contribution is -0.385. The van der Waals surface area contributed by atoms with E-state index in [-0.39, 0.29) is 17.9 Å². The van der Waals surface area contributed by atoms with Gasteiger partial charge < -0.3 is 9.47 Å². The highest BCUT2D eigenvalue weighted by atomic mass is 16.6. The molecule has 0 aliphatic heterocycles. The molecule has 106 valence electrons. The Bertz CT molecular complexity index is 690. The third-order valence-corrected chi connectivity index (χ3v) is 2.79. The molecular weight excluding hydrogens is 272 g/mol. The molecule has 0 aromatic heterocycles. The van der Waals surface area contributed by atoms with Crippen LogP contribution in [0.1, 0.15) is 5.56 Å². The maximum absolute atomic E-state index is 11.1. The zero-order valence-electron chi connectivity index (χ0n) is 11.3. The predicted octanol–water partition coefficient (Wildman–Crippen LogP) is 3.46. The molecular formula is C15H12N2O4. The van der Waals surface area contributed by atoms with E-state index in [4.69, 9.17) is 14.7 Å². The number of nitriles is 1. The molecule has 0 saturated carbocycles. The lowest BCUT2D eigenvalue weighted by atomic mass is 10.1. The molecule has 2 aromatic rings. The van der Waals surface area contributed by atoms with Gasteiger partial charge in [-0.25, -0.2) is 0 Å². The van der Waals surface area contributed by atoms with Gasteiger partial charge in [-0.3, -0.25) is 10.1 Å². The third-order valence-electron chi connectivity index (χ3n) is 2.79. The minimum atomic E-state index is -0.528. The summed E-state index contributed by atoms with van der Waals surface area (Å²) in [6.07, 6.45) is 0.115. The molecule has 0 fully saturated rings. The van der Waals surface area contributed by atoms with Crippen LogP contribution >= 0.6 is 0 Å². The monoisotopic (exact) mass is 284 g/mol. The van der Waals surface area contributed by atoms with E-state index < -0.39 is 4.92 Å². The lowest BCUT2D eigenvalue weighted by Gasteiger charge is -2.08. The number of ether oxygens (including phenoxy) is 2. The molecule has 0 heterocycles. The minimum absolute atomic E-state index is 0.115. The number of benzene rings is 2. The van der Waals surface area contributed by atoms with Crippen molar-refractivity contribution >= 4 is 5.69 Å². The second-order valence-corrected chi connectivity index (χ2v) is 4.17. The SMILES string of the molecule is COc1ccc(Oc2ccc(CC#N)cc2[N+](=O)[O-])cc1. The van der Waals surface area contributed by atoms with E-state index in [1.54, 1.807) is 37.4 Å². The Morgan fingerprint density at radius 2 is 1.86 bits per heavy atom. The summed E-state index contributed by atoms with van der Waals surface area (Å²) < 4.78 is 10.6. The van der Waals surface area contributed by atoms with Crippen molar-refractivity contribution < 1.29 is 14.4 Å². The Morgan fingerprint density at radius 3 is 2.43 bits per heavy atom. The molecule has 0 aliphatic rings. The molecule has 0 N–H and O–H groups in total. The molecule has 21 heavy (non-hydrogen) atoms. The number of nitrogens with zero attached hydrogens (tertiary/aromatic N) is 2. The largest absolute Gasteiger partial charge is 0.497 e. The van der Waals surface area contributed by atoms with Gasteiger partial charge in [-0.2, -0.15) is 5.26 Å². The fraction of sp³-hybridized carbons (Fsp3) is 0.133. The van der Waals surface area contributed by atoms with Crippen molar-refractivity contribution in [3.63, 3.8) is 0 Å². The van der Waals surface area contributed by atoms with Crippen LogP contribution in [0.4, 0.5) is 5.69 Å². The van der Waals surface area contributed by atoms with Crippen LogP contribution in [0.5, 0.6) is 17.2 Å². The smallest absolute Gasteiger partial charge is 0.311 e. The Morgan fingerprint density at radius 1 is 1.19 bits per heavy atom. The fourth-order valence-corrected chi connectivity index (χ4v) is 1.76. The zero-order chi connectivity index (χ0) is 15.2. The third kappa shape index (κ3) is 3.48. The molecule has 6 nitrogen and oxygen atoms in total. The Labute approximate surface area is 121 Å². The first-order chi connectivity index (χ1) is 10.1. The van der Waals surface area contributed by atoms with Crippen molar-refractivity contribution in [3.05, 3.63) is 58.1 Å². The van der Waals surface area contributed by atoms with Crippen molar-refractivity contribution in [2.75, 3.05) is 7.11 Å². The number of hydrogen-bond donors (Lipinski definition) is 0. The summed E-state index contributed by atoms with van der Waals surface area (Å²) in [7, 11) is 1.55. The van der Waals surface area contributed by atoms with Crippen LogP contribution in [0.15, 0.2) is 42.5 Å². The molecule has 6 heteroatoms. The van der Waals surface area contributed by atoms with E-state index in [1.807, 2.05) is 6.07 Å². The highest BCUT2D eigenvalue weighted by Crippen LogP contribution is 2.32. The van der Waals surface area contributed by atoms with Gasteiger partial charge in [0.05, 0.1) is 24.5 Å². The van der Waals surface area contributed by atoms with Gasteiger partial charge in [0.1, 0.15) is 11.5 Å². The maximum Gasteiger partial charge on any atom is 0.311 e. The summed E-state index contributed by atoms with van der Waals surface area (Å²) in [5.41, 5.74) is 0.407. The van der Waals surface area contributed by atoms with Crippen LogP contribution < -0.4 is 9.47 Å². The van der Waals surface area contributed by atoms with Crippen molar-refractivity contribution in [2.24, 2.45) is 0 Å². The van der Waals surface area contributed by atoms with Gasteiger partial charge in [0, 0.05) is 6.07 Å². The summed E-state index contributed by atoms with van der Waals surface area (Å²) in [6, 6.07) is 13.1. The first-order valence-electron chi connectivity index (χ1n) is 6.10. The van der Waals surface area contributed by atoms with E-state index in [9.17, 15) is 10.1 Å². The quantitative estimate of drug-likeness (QED) is 0.620. The summed E-state index contributed by atoms with van der Waals surface area (Å²) >= 11 is 0. The molecule has 0 atom stereocenters. The molecule has 0 saturated heterocycles. The molecule has 0 radical (unpaired) electrons. The Balaban J connectivity index is 2.29. The van der Waals surface area contributed by atoms with Gasteiger partial charge in [0.15, 0.2) is 0 Å². The molecule has 0 spiro atoms. The van der Waals surface area contributed by atoms with Crippen molar-refractivity contribution in [1.29, 1.82) is 5.26 Å². The van der Waals surface area contributed by atoms with Gasteiger partial charge in [-0.05, 0) is 35.9 Å². The van der Waals surface area contributed by atoms with Crippen molar-refractivity contribution in [3.8, 4) is 23.3 Å². The van der Waals surface area contributed by atoms with Crippen LogP contribution in [0, 0.1) is 21.4 Å². The number of rotatable bonds is 5. The molecule has 0 amide bonds. The number of nitro groups is 1. The van der Waals surface area contributed by atoms with Gasteiger partial charge >= 0.3 is 5.69 Å². The minimum Gasteiger partial charge on any atom is -0.497 e. The normalized spacial score (nSPS) is 9.71. The molecule has 2 aromatic carbocycles. The second-order valence-electron chi connectivity index (χ2n) is 4.17. The second kappa shape index (κ2) is 6.39. The number of hydrogen-bond acceptors (Lipinski definition) is 5. The zero-order valence-corrected chi connectivity index (χ0v) is 11.3. The van der Waals surface area contributed by atoms with E-state index in [0.717, 1.165) is 0 Å². The molecule has 0 bridgehead atoms. The van der Waals surface area contributed by atoms with Gasteiger partial charge in [-0.1, -0.05) is 6.07 Å². The average Bonchev–Trinajstić information content (AvgIpc) is 2.49. The van der Waals surface area contributed by atoms with Crippen molar-refractivity contribution in [1.82, 2.24) is 0 Å². The highest BCUT2D eigenvalue weighted by molar-refractivity contribution is 5.51. The van der Waals surface area contributed by atoms with Crippen LogP contribution in [-0.2, 0) is 6.42 Å². The number of nitro benzene ring substituents is 1. The lowest BCUT2D eigenvalue weighted by Crippen LogP contribution is -1.95. The van der Waals surface area contributed by atoms with E-state index >= 15 is 0 Å². The molecule has 0 unspecified atom stereocenters. The van der Waals surface area contributed by atoms with E-state index in [0.29, 0.717) is 17.1 Å². The van der Waals surface area contributed by atoms with Crippen LogP contribution in [0.25, 0.3) is 0 Å². The summed E-state index contributed by atoms with van der Waals surface area (Å²) in [5, 5.41) is 19.7. The maximum atomic E-state index is 11.1. The number of methoxy groups -OCH3 is 1. The highest BCUT2D eigenvalue weighted by Gasteiger charge is 2.16. The molecule has 0 aliphatic carbocycles. The van der Waals surface area contributed by atoms with Crippen LogP contribution in [0.3, 0.4) is 0 Å². The fourth-order valence-electron chi connectivity index (χ4n) is 1.76. The van der Waals surface area contributed by atoms with Crippen molar-refractivity contribution in [2.45, 2.75) is 6.42 Å².